The molecule has 126 valence electrons. The summed E-state index contributed by atoms with van der Waals surface area (Å²) in [6.07, 6.45) is 2.96. The third kappa shape index (κ3) is 3.42. The summed E-state index contributed by atoms with van der Waals surface area (Å²) in [4.78, 5) is 22.8. The first kappa shape index (κ1) is 15.5. The fourth-order valence-corrected chi connectivity index (χ4v) is 3.06. The van der Waals surface area contributed by atoms with Crippen LogP contribution < -0.4 is 0 Å². The summed E-state index contributed by atoms with van der Waals surface area (Å²) in [5.41, 5.74) is 1.88. The number of rotatable bonds is 5. The van der Waals surface area contributed by atoms with E-state index in [2.05, 4.69) is 27.3 Å². The molecular formula is C19H18N4O2. The average Bonchev–Trinajstić information content (AvgIpc) is 3.29. The van der Waals surface area contributed by atoms with Gasteiger partial charge in [0.25, 0.3) is 5.89 Å². The Balaban J connectivity index is 1.41. The second-order valence-electron chi connectivity index (χ2n) is 6.15. The molecule has 6 heteroatoms. The Bertz CT molecular complexity index is 848. The van der Waals surface area contributed by atoms with E-state index < -0.39 is 0 Å². The molecule has 6 nitrogen and oxygen atoms in total. The molecule has 2 aromatic heterocycles. The molecule has 0 unspecified atom stereocenters. The number of benzene rings is 1. The number of hydrogen-bond donors (Lipinski definition) is 0. The third-order valence-electron chi connectivity index (χ3n) is 4.42. The molecule has 1 amide bonds. The highest BCUT2D eigenvalue weighted by Gasteiger charge is 2.33. The summed E-state index contributed by atoms with van der Waals surface area (Å²) in [7, 11) is 0. The molecule has 4 rings (SSSR count). The van der Waals surface area contributed by atoms with Gasteiger partial charge in [-0.05, 0) is 24.1 Å². The van der Waals surface area contributed by atoms with E-state index in [0.29, 0.717) is 36.9 Å². The fourth-order valence-electron chi connectivity index (χ4n) is 3.06. The van der Waals surface area contributed by atoms with Gasteiger partial charge in [-0.3, -0.25) is 9.78 Å². The number of amides is 1. The van der Waals surface area contributed by atoms with Gasteiger partial charge in [0.1, 0.15) is 5.69 Å². The van der Waals surface area contributed by atoms with Gasteiger partial charge in [0.2, 0.25) is 5.91 Å². The van der Waals surface area contributed by atoms with E-state index in [1.54, 1.807) is 6.20 Å². The summed E-state index contributed by atoms with van der Waals surface area (Å²) in [6.45, 7) is 1.34. The topological polar surface area (TPSA) is 72.1 Å². The quantitative estimate of drug-likeness (QED) is 0.717. The molecule has 1 atom stereocenters. The van der Waals surface area contributed by atoms with E-state index >= 15 is 0 Å². The van der Waals surface area contributed by atoms with Crippen molar-refractivity contribution in [3.63, 3.8) is 0 Å². The zero-order chi connectivity index (χ0) is 17.1. The van der Waals surface area contributed by atoms with Crippen LogP contribution in [0.2, 0.25) is 0 Å². The highest BCUT2D eigenvalue weighted by molar-refractivity contribution is 5.79. The number of likely N-dealkylation sites (tertiary alicyclic amines) is 1. The lowest BCUT2D eigenvalue weighted by atomic mass is 10.1. The van der Waals surface area contributed by atoms with Crippen LogP contribution in [0.15, 0.2) is 59.3 Å². The van der Waals surface area contributed by atoms with Gasteiger partial charge in [-0.2, -0.15) is 4.98 Å². The SMILES string of the molecule is O=C1C[C@H](c2noc(-c3ccccn3)n2)CN1CCc1ccccc1. The van der Waals surface area contributed by atoms with Crippen LogP contribution in [0.25, 0.3) is 11.6 Å². The van der Waals surface area contributed by atoms with Gasteiger partial charge < -0.3 is 9.42 Å². The monoisotopic (exact) mass is 334 g/mol. The molecule has 1 aromatic carbocycles. The third-order valence-corrected chi connectivity index (χ3v) is 4.42. The van der Waals surface area contributed by atoms with Crippen molar-refractivity contribution in [2.45, 2.75) is 18.8 Å². The Hall–Kier alpha value is -3.02. The van der Waals surface area contributed by atoms with Gasteiger partial charge in [-0.25, -0.2) is 0 Å². The number of pyridine rings is 1. The summed E-state index contributed by atoms with van der Waals surface area (Å²) in [6, 6.07) is 15.7. The van der Waals surface area contributed by atoms with Crippen LogP contribution in [0.4, 0.5) is 0 Å². The van der Waals surface area contributed by atoms with Gasteiger partial charge in [0.05, 0.1) is 0 Å². The van der Waals surface area contributed by atoms with Gasteiger partial charge in [0, 0.05) is 31.6 Å². The Labute approximate surface area is 145 Å². The molecule has 1 aliphatic heterocycles. The zero-order valence-corrected chi connectivity index (χ0v) is 13.7. The molecule has 1 saturated heterocycles. The second-order valence-corrected chi connectivity index (χ2v) is 6.15. The molecule has 0 radical (unpaired) electrons. The Morgan fingerprint density at radius 2 is 1.96 bits per heavy atom. The van der Waals surface area contributed by atoms with Crippen molar-refractivity contribution in [2.24, 2.45) is 0 Å². The molecule has 1 aliphatic rings. The zero-order valence-electron chi connectivity index (χ0n) is 13.7. The second kappa shape index (κ2) is 6.84. The van der Waals surface area contributed by atoms with Crippen molar-refractivity contribution < 1.29 is 9.32 Å². The van der Waals surface area contributed by atoms with E-state index in [-0.39, 0.29) is 11.8 Å². The maximum Gasteiger partial charge on any atom is 0.276 e. The van der Waals surface area contributed by atoms with Crippen molar-refractivity contribution in [2.75, 3.05) is 13.1 Å². The molecular weight excluding hydrogens is 316 g/mol. The Kier molecular flexibility index (Phi) is 4.24. The average molecular weight is 334 g/mol. The van der Waals surface area contributed by atoms with E-state index in [1.165, 1.54) is 5.56 Å². The van der Waals surface area contributed by atoms with Gasteiger partial charge in [-0.15, -0.1) is 0 Å². The smallest absolute Gasteiger partial charge is 0.276 e. The molecule has 25 heavy (non-hydrogen) atoms. The molecule has 0 spiro atoms. The molecule has 0 N–H and O–H groups in total. The molecule has 0 bridgehead atoms. The first-order chi connectivity index (χ1) is 12.3. The highest BCUT2D eigenvalue weighted by Crippen LogP contribution is 2.27. The molecule has 0 saturated carbocycles. The van der Waals surface area contributed by atoms with E-state index in [9.17, 15) is 4.79 Å². The Morgan fingerprint density at radius 3 is 2.76 bits per heavy atom. The minimum absolute atomic E-state index is 0.0236. The minimum atomic E-state index is -0.0236. The van der Waals surface area contributed by atoms with Gasteiger partial charge >= 0.3 is 0 Å². The highest BCUT2D eigenvalue weighted by atomic mass is 16.5. The molecule has 1 fully saturated rings. The molecule has 0 aliphatic carbocycles. The molecule has 3 aromatic rings. The van der Waals surface area contributed by atoms with Gasteiger partial charge in [0.15, 0.2) is 5.82 Å². The lowest BCUT2D eigenvalue weighted by molar-refractivity contribution is -0.127. The summed E-state index contributed by atoms with van der Waals surface area (Å²) in [5, 5.41) is 4.06. The van der Waals surface area contributed by atoms with Crippen LogP contribution in [-0.2, 0) is 11.2 Å². The fraction of sp³-hybridized carbons (Fsp3) is 0.263. The maximum atomic E-state index is 12.3. The lowest BCUT2D eigenvalue weighted by Crippen LogP contribution is -2.27. The first-order valence-corrected chi connectivity index (χ1v) is 8.36. The molecule has 3 heterocycles. The minimum Gasteiger partial charge on any atom is -0.342 e. The van der Waals surface area contributed by atoms with Crippen molar-refractivity contribution in [3.8, 4) is 11.6 Å². The van der Waals surface area contributed by atoms with E-state index in [4.69, 9.17) is 4.52 Å². The maximum absolute atomic E-state index is 12.3. The van der Waals surface area contributed by atoms with Crippen LogP contribution in [0, 0.1) is 0 Å². The summed E-state index contributed by atoms with van der Waals surface area (Å²) < 4.78 is 5.31. The van der Waals surface area contributed by atoms with Gasteiger partial charge in [-0.1, -0.05) is 41.6 Å². The number of hydrogen-bond acceptors (Lipinski definition) is 5. The number of carbonyl (C=O) groups is 1. The Morgan fingerprint density at radius 1 is 1.12 bits per heavy atom. The first-order valence-electron chi connectivity index (χ1n) is 8.36. The standard InChI is InChI=1S/C19H18N4O2/c24-17-12-15(13-23(17)11-9-14-6-2-1-3-7-14)18-21-19(25-22-18)16-8-4-5-10-20-16/h1-8,10,15H,9,11-13H2/t15-/m0/s1. The predicted octanol–water partition coefficient (Wildman–Crippen LogP) is 2.69. The summed E-state index contributed by atoms with van der Waals surface area (Å²) >= 11 is 0. The lowest BCUT2D eigenvalue weighted by Gasteiger charge is -2.15. The van der Waals surface area contributed by atoms with Crippen LogP contribution >= 0.6 is 0 Å². The normalized spacial score (nSPS) is 17.2. The van der Waals surface area contributed by atoms with E-state index in [0.717, 1.165) is 6.42 Å². The largest absolute Gasteiger partial charge is 0.342 e. The number of carbonyl (C=O) groups excluding carboxylic acids is 1. The van der Waals surface area contributed by atoms with Crippen LogP contribution in [0.3, 0.4) is 0 Å². The number of aromatic nitrogens is 3. The predicted molar refractivity (Wildman–Crippen MR) is 91.6 cm³/mol. The summed E-state index contributed by atoms with van der Waals surface area (Å²) in [5.74, 6) is 1.09. The van der Waals surface area contributed by atoms with Crippen molar-refractivity contribution in [3.05, 3.63) is 66.1 Å². The number of nitrogens with zero attached hydrogens (tertiary/aromatic N) is 4. The van der Waals surface area contributed by atoms with Crippen LogP contribution in [0.5, 0.6) is 0 Å². The van der Waals surface area contributed by atoms with E-state index in [1.807, 2.05) is 41.3 Å². The van der Waals surface area contributed by atoms with Crippen molar-refractivity contribution >= 4 is 5.91 Å². The van der Waals surface area contributed by atoms with Crippen LogP contribution in [0.1, 0.15) is 23.7 Å². The van der Waals surface area contributed by atoms with Crippen molar-refractivity contribution in [1.82, 2.24) is 20.0 Å². The van der Waals surface area contributed by atoms with Crippen molar-refractivity contribution in [1.29, 1.82) is 0 Å². The van der Waals surface area contributed by atoms with Crippen LogP contribution in [-0.4, -0.2) is 39.0 Å².